The zero-order valence-electron chi connectivity index (χ0n) is 46.2. The maximum atomic E-state index is 12.8. The van der Waals surface area contributed by atoms with Crippen molar-refractivity contribution in [3.8, 4) is 0 Å². The van der Waals surface area contributed by atoms with Gasteiger partial charge in [0.25, 0.3) is 0 Å². The second kappa shape index (κ2) is 58.6. The molecule has 0 amide bonds. The van der Waals surface area contributed by atoms with Crippen molar-refractivity contribution in [3.63, 3.8) is 0 Å². The molecule has 0 aliphatic heterocycles. The molecule has 0 N–H and O–H groups in total. The van der Waals surface area contributed by atoms with Crippen LogP contribution < -0.4 is 0 Å². The van der Waals surface area contributed by atoms with E-state index in [1.165, 1.54) is 141 Å². The van der Waals surface area contributed by atoms with Crippen LogP contribution in [0, 0.1) is 0 Å². The summed E-state index contributed by atoms with van der Waals surface area (Å²) in [7, 11) is 0. The number of unbranched alkanes of at least 4 members (excludes halogenated alkanes) is 24. The quantitative estimate of drug-likeness (QED) is 0.0261. The molecule has 0 bridgehead atoms. The van der Waals surface area contributed by atoms with Crippen LogP contribution in [0.15, 0.2) is 109 Å². The zero-order chi connectivity index (χ0) is 51.4. The molecule has 1 atom stereocenters. The van der Waals surface area contributed by atoms with Crippen molar-refractivity contribution in [2.75, 3.05) is 13.2 Å². The predicted molar refractivity (Wildman–Crippen MR) is 307 cm³/mol. The van der Waals surface area contributed by atoms with Crippen LogP contribution in [0.3, 0.4) is 0 Å². The van der Waals surface area contributed by atoms with Crippen LogP contribution >= 0.6 is 0 Å². The lowest BCUT2D eigenvalue weighted by molar-refractivity contribution is -0.166. The molecular formula is C65H108O6. The SMILES string of the molecule is CC/C=C\C/C=C\C/C=C\C/C=C\C/C=C\CC(=O)OC(COC(=O)CC/C=C\C/C=C\C/C=C\C/C=C\CC)COC(=O)CCCCCCCCCCCCCCCCCCCCCCCCCCC. The minimum Gasteiger partial charge on any atom is -0.462 e. The van der Waals surface area contributed by atoms with Crippen LogP contribution in [0.1, 0.15) is 265 Å². The van der Waals surface area contributed by atoms with Gasteiger partial charge < -0.3 is 14.2 Å². The average Bonchev–Trinajstić information content (AvgIpc) is 3.37. The van der Waals surface area contributed by atoms with Gasteiger partial charge in [-0.25, -0.2) is 0 Å². The number of esters is 3. The van der Waals surface area contributed by atoms with Crippen molar-refractivity contribution < 1.29 is 28.6 Å². The van der Waals surface area contributed by atoms with E-state index in [0.29, 0.717) is 19.3 Å². The number of hydrogen-bond acceptors (Lipinski definition) is 6. The van der Waals surface area contributed by atoms with Crippen LogP contribution in [-0.4, -0.2) is 37.2 Å². The molecule has 404 valence electrons. The van der Waals surface area contributed by atoms with E-state index >= 15 is 0 Å². The summed E-state index contributed by atoms with van der Waals surface area (Å²) in [5.74, 6) is -1.15. The summed E-state index contributed by atoms with van der Waals surface area (Å²) in [6.07, 6.45) is 80.0. The van der Waals surface area contributed by atoms with Gasteiger partial charge in [0, 0.05) is 12.8 Å². The highest BCUT2D eigenvalue weighted by atomic mass is 16.6. The Morgan fingerprint density at radius 1 is 0.310 bits per heavy atom. The highest BCUT2D eigenvalue weighted by Gasteiger charge is 2.19. The van der Waals surface area contributed by atoms with Gasteiger partial charge in [0.1, 0.15) is 13.2 Å². The Labute approximate surface area is 438 Å². The Balaban J connectivity index is 4.38. The van der Waals surface area contributed by atoms with E-state index in [1.807, 2.05) is 18.2 Å². The zero-order valence-corrected chi connectivity index (χ0v) is 46.2. The monoisotopic (exact) mass is 985 g/mol. The van der Waals surface area contributed by atoms with Crippen molar-refractivity contribution in [1.29, 1.82) is 0 Å². The first-order valence-corrected chi connectivity index (χ1v) is 29.4. The largest absolute Gasteiger partial charge is 0.462 e. The smallest absolute Gasteiger partial charge is 0.310 e. The lowest BCUT2D eigenvalue weighted by atomic mass is 10.0. The van der Waals surface area contributed by atoms with E-state index in [9.17, 15) is 14.4 Å². The van der Waals surface area contributed by atoms with Gasteiger partial charge in [-0.1, -0.05) is 284 Å². The summed E-state index contributed by atoms with van der Waals surface area (Å²) in [6.45, 7) is 6.27. The van der Waals surface area contributed by atoms with Gasteiger partial charge in [0.05, 0.1) is 6.42 Å². The van der Waals surface area contributed by atoms with Crippen LogP contribution in [0.25, 0.3) is 0 Å². The number of carbonyl (C=O) groups is 3. The van der Waals surface area contributed by atoms with E-state index < -0.39 is 12.1 Å². The highest BCUT2D eigenvalue weighted by Crippen LogP contribution is 2.16. The Hall–Kier alpha value is -3.93. The maximum absolute atomic E-state index is 12.8. The van der Waals surface area contributed by atoms with Gasteiger partial charge in [-0.3, -0.25) is 14.4 Å². The number of hydrogen-bond donors (Lipinski definition) is 0. The minimum absolute atomic E-state index is 0.0807. The van der Waals surface area contributed by atoms with E-state index in [-0.39, 0.29) is 38.0 Å². The lowest BCUT2D eigenvalue weighted by Crippen LogP contribution is -2.30. The summed E-state index contributed by atoms with van der Waals surface area (Å²) in [4.78, 5) is 38.0. The van der Waals surface area contributed by atoms with E-state index in [2.05, 4.69) is 106 Å². The van der Waals surface area contributed by atoms with Crippen LogP contribution in [-0.2, 0) is 28.6 Å². The molecule has 0 aromatic carbocycles. The number of rotatable bonds is 52. The second-order valence-electron chi connectivity index (χ2n) is 19.2. The molecule has 0 aliphatic rings. The van der Waals surface area contributed by atoms with Gasteiger partial charge in [-0.05, 0) is 70.6 Å². The molecule has 0 fully saturated rings. The summed E-state index contributed by atoms with van der Waals surface area (Å²) in [6, 6.07) is 0. The van der Waals surface area contributed by atoms with Crippen molar-refractivity contribution in [3.05, 3.63) is 109 Å². The summed E-state index contributed by atoms with van der Waals surface area (Å²) in [5.41, 5.74) is 0. The first kappa shape index (κ1) is 67.1. The molecule has 0 spiro atoms. The van der Waals surface area contributed by atoms with Crippen molar-refractivity contribution in [2.45, 2.75) is 271 Å². The van der Waals surface area contributed by atoms with Gasteiger partial charge in [0.2, 0.25) is 0 Å². The molecule has 0 aromatic rings. The average molecular weight is 986 g/mol. The molecule has 6 nitrogen and oxygen atoms in total. The molecule has 0 heterocycles. The third kappa shape index (κ3) is 56.9. The lowest BCUT2D eigenvalue weighted by Gasteiger charge is -2.18. The molecule has 0 rings (SSSR count). The minimum atomic E-state index is -0.861. The molecule has 0 aliphatic carbocycles. The third-order valence-electron chi connectivity index (χ3n) is 12.3. The van der Waals surface area contributed by atoms with Crippen LogP contribution in [0.4, 0.5) is 0 Å². The highest BCUT2D eigenvalue weighted by molar-refractivity contribution is 5.72. The molecule has 6 heteroatoms. The summed E-state index contributed by atoms with van der Waals surface area (Å²) in [5, 5.41) is 0. The topological polar surface area (TPSA) is 78.9 Å². The third-order valence-corrected chi connectivity index (χ3v) is 12.3. The van der Waals surface area contributed by atoms with Gasteiger partial charge in [0.15, 0.2) is 6.10 Å². The summed E-state index contributed by atoms with van der Waals surface area (Å²) < 4.78 is 16.7. The Morgan fingerprint density at radius 2 is 0.592 bits per heavy atom. The van der Waals surface area contributed by atoms with E-state index in [1.54, 1.807) is 6.08 Å². The predicted octanol–water partition coefficient (Wildman–Crippen LogP) is 19.9. The second-order valence-corrected chi connectivity index (χ2v) is 19.2. The van der Waals surface area contributed by atoms with Crippen LogP contribution in [0.5, 0.6) is 0 Å². The Morgan fingerprint density at radius 3 is 0.930 bits per heavy atom. The van der Waals surface area contributed by atoms with Crippen molar-refractivity contribution in [1.82, 2.24) is 0 Å². The van der Waals surface area contributed by atoms with E-state index in [4.69, 9.17) is 14.2 Å². The van der Waals surface area contributed by atoms with Crippen LogP contribution in [0.2, 0.25) is 0 Å². The van der Waals surface area contributed by atoms with Gasteiger partial charge in [-0.2, -0.15) is 0 Å². The van der Waals surface area contributed by atoms with Crippen molar-refractivity contribution in [2.24, 2.45) is 0 Å². The normalized spacial score (nSPS) is 12.9. The molecule has 0 aromatic heterocycles. The fraction of sp³-hybridized carbons (Fsp3) is 0.677. The van der Waals surface area contributed by atoms with Gasteiger partial charge >= 0.3 is 17.9 Å². The molecule has 71 heavy (non-hydrogen) atoms. The molecular weight excluding hydrogens is 877 g/mol. The number of carbonyl (C=O) groups excluding carboxylic acids is 3. The molecule has 0 saturated heterocycles. The first-order chi connectivity index (χ1) is 35.0. The first-order valence-electron chi connectivity index (χ1n) is 29.4. The fourth-order valence-electron chi connectivity index (χ4n) is 8.00. The Bertz CT molecular complexity index is 1460. The maximum Gasteiger partial charge on any atom is 0.310 e. The standard InChI is InChI=1S/C65H108O6/c1-4-7-10-13-16-19-22-25-27-28-29-30-31-32-33-34-35-36-38-40-43-46-49-52-55-58-64(67)70-61-62(60-69-63(66)57-54-51-48-45-42-39-24-21-18-15-12-9-6-3)71-65(68)59-56-53-50-47-44-41-37-26-23-20-17-14-11-8-5-2/h8-9,11-12,17-18,20-21,26,37,39,42,44,47-48,51,53,56,62H,4-7,10,13-16,19,22-25,27-36,38,40-41,43,45-46,49-50,52,54-55,57-61H2,1-3H3/b11-8-,12-9-,20-17-,21-18-,37-26-,42-39-,47-44-,51-48-,56-53-. The molecule has 0 radical (unpaired) electrons. The van der Waals surface area contributed by atoms with Crippen molar-refractivity contribution >= 4 is 17.9 Å². The Kier molecular flexibility index (Phi) is 55.4. The molecule has 0 saturated carbocycles. The van der Waals surface area contributed by atoms with Gasteiger partial charge in [-0.15, -0.1) is 0 Å². The number of ether oxygens (including phenoxy) is 3. The summed E-state index contributed by atoms with van der Waals surface area (Å²) >= 11 is 0. The molecule has 1 unspecified atom stereocenters. The number of allylic oxidation sites excluding steroid dienone is 17. The van der Waals surface area contributed by atoms with E-state index in [0.717, 1.165) is 70.6 Å². The fourth-order valence-corrected chi connectivity index (χ4v) is 8.00.